The molecule has 0 saturated carbocycles. The van der Waals surface area contributed by atoms with E-state index in [9.17, 15) is 0 Å². The number of nitrogens with zero attached hydrogens (tertiary/aromatic N) is 4. The number of aromatic nitrogens is 2. The van der Waals surface area contributed by atoms with Gasteiger partial charge in [0, 0.05) is 28.8 Å². The molecule has 1 aromatic rings. The summed E-state index contributed by atoms with van der Waals surface area (Å²) in [5.74, 6) is 0. The smallest absolute Gasteiger partial charge is 0.658 e. The predicted molar refractivity (Wildman–Crippen MR) is 78.1 cm³/mol. The Balaban J connectivity index is 0.00000161. The Bertz CT molecular complexity index is 574. The third kappa shape index (κ3) is 2.59. The minimum absolute atomic E-state index is 0. The predicted octanol–water partition coefficient (Wildman–Crippen LogP) is -1.33. The fourth-order valence-corrected chi connectivity index (χ4v) is 2.92. The largest absolute Gasteiger partial charge is 1.00 e. The van der Waals surface area contributed by atoms with Crippen LogP contribution in [0.1, 0.15) is 34.1 Å². The summed E-state index contributed by atoms with van der Waals surface area (Å²) < 4.78 is 7.94. The maximum absolute atomic E-state index is 9.00. The van der Waals surface area contributed by atoms with Crippen molar-refractivity contribution in [3.8, 4) is 6.07 Å². The first kappa shape index (κ1) is 17.7. The zero-order valence-corrected chi connectivity index (χ0v) is 16.7. The molecule has 2 fully saturated rings. The van der Waals surface area contributed by atoms with Crippen LogP contribution in [0.2, 0.25) is 5.31 Å². The molecule has 0 spiro atoms. The Hall–Kier alpha value is 0.321. The third-order valence-electron chi connectivity index (χ3n) is 5.23. The van der Waals surface area contributed by atoms with E-state index in [-0.39, 0.29) is 74.8 Å². The molecule has 0 amide bonds. The van der Waals surface area contributed by atoms with Crippen molar-refractivity contribution in [2.75, 3.05) is 13.1 Å². The van der Waals surface area contributed by atoms with E-state index >= 15 is 0 Å². The van der Waals surface area contributed by atoms with Crippen molar-refractivity contribution >= 4 is 12.4 Å². The molecule has 0 bridgehead atoms. The molecule has 7 heteroatoms. The summed E-state index contributed by atoms with van der Waals surface area (Å²) in [4.78, 5) is 0. The molecule has 0 aromatic carbocycles. The van der Waals surface area contributed by atoms with Crippen LogP contribution >= 0.6 is 0 Å². The monoisotopic (exact) mass is 310 g/mol. The second-order valence-electron chi connectivity index (χ2n) is 7.05. The molecule has 1 aromatic heterocycles. The fourth-order valence-electron chi connectivity index (χ4n) is 2.92. The summed E-state index contributed by atoms with van der Waals surface area (Å²) in [6, 6.07) is 2.25. The number of rotatable bonds is 3. The van der Waals surface area contributed by atoms with Crippen LogP contribution < -0.4 is 56.8 Å². The third-order valence-corrected chi connectivity index (χ3v) is 5.23. The molecule has 0 unspecified atom stereocenters. The molecule has 0 aliphatic carbocycles. The second kappa shape index (κ2) is 5.75. The Morgan fingerprint density at radius 3 is 2.52 bits per heavy atom. The topological polar surface area (TPSA) is 64.9 Å². The van der Waals surface area contributed by atoms with Crippen molar-refractivity contribution in [1.29, 1.82) is 5.26 Å². The van der Waals surface area contributed by atoms with Gasteiger partial charge in [0.2, 0.25) is 0 Å². The van der Waals surface area contributed by atoms with E-state index < -0.39 is 0 Å². The number of hydrogen-bond acceptors (Lipinski definition) is 3. The van der Waals surface area contributed by atoms with Gasteiger partial charge in [0.25, 0.3) is 0 Å². The van der Waals surface area contributed by atoms with Crippen LogP contribution in [0.3, 0.4) is 0 Å². The Morgan fingerprint density at radius 2 is 2.10 bits per heavy atom. The van der Waals surface area contributed by atoms with Crippen LogP contribution in [0.5, 0.6) is 0 Å². The van der Waals surface area contributed by atoms with Gasteiger partial charge in [0.15, 0.2) is 0 Å². The van der Waals surface area contributed by atoms with Crippen molar-refractivity contribution in [2.24, 2.45) is 0 Å². The van der Waals surface area contributed by atoms with E-state index in [0.717, 1.165) is 5.46 Å². The molecular weight excluding hydrogens is 290 g/mol. The average Bonchev–Trinajstić information content (AvgIpc) is 2.80. The van der Waals surface area contributed by atoms with Crippen LogP contribution in [0.4, 0.5) is 0 Å². The van der Waals surface area contributed by atoms with Gasteiger partial charge in [-0.1, -0.05) is 13.8 Å². The summed E-state index contributed by atoms with van der Waals surface area (Å²) in [6.07, 6.45) is 4.37. The molecular formula is C14H20BKN4O. The van der Waals surface area contributed by atoms with E-state index in [4.69, 9.17) is 9.92 Å². The van der Waals surface area contributed by atoms with E-state index in [1.54, 1.807) is 0 Å². The van der Waals surface area contributed by atoms with Gasteiger partial charge in [0.05, 0.1) is 12.5 Å². The van der Waals surface area contributed by atoms with Crippen molar-refractivity contribution < 1.29 is 56.0 Å². The summed E-state index contributed by atoms with van der Waals surface area (Å²) in [6.45, 7) is 10.1. The maximum Gasteiger partial charge on any atom is 1.00 e. The minimum atomic E-state index is -0.226. The normalized spacial score (nSPS) is 24.2. The van der Waals surface area contributed by atoms with Crippen LogP contribution in [-0.4, -0.2) is 35.4 Å². The van der Waals surface area contributed by atoms with E-state index in [0.29, 0.717) is 19.5 Å². The molecule has 21 heavy (non-hydrogen) atoms. The first-order valence-corrected chi connectivity index (χ1v) is 7.05. The molecule has 3 heterocycles. The Kier molecular flexibility index (Phi) is 4.84. The van der Waals surface area contributed by atoms with E-state index in [2.05, 4.69) is 44.2 Å². The summed E-state index contributed by atoms with van der Waals surface area (Å²) >= 11 is 0. The van der Waals surface area contributed by atoms with Crippen LogP contribution in [-0.2, 0) is 10.2 Å². The van der Waals surface area contributed by atoms with Gasteiger partial charge < -0.3 is 9.97 Å². The van der Waals surface area contributed by atoms with Gasteiger partial charge in [-0.25, -0.2) is 0 Å². The quantitative estimate of drug-likeness (QED) is 0.650. The Labute approximate surface area is 169 Å². The van der Waals surface area contributed by atoms with Crippen molar-refractivity contribution in [2.45, 2.75) is 50.6 Å². The van der Waals surface area contributed by atoms with Crippen molar-refractivity contribution in [3.63, 3.8) is 0 Å². The molecule has 0 N–H and O–H groups in total. The molecule has 2 aliphatic rings. The summed E-state index contributed by atoms with van der Waals surface area (Å²) in [5.41, 5.74) is 0.755. The Morgan fingerprint density at radius 1 is 1.43 bits per heavy atom. The van der Waals surface area contributed by atoms with Crippen molar-refractivity contribution in [3.05, 3.63) is 17.7 Å². The zero-order chi connectivity index (χ0) is 14.6. The number of hydrogen-bond donors (Lipinski definition) is 0. The second-order valence-corrected chi connectivity index (χ2v) is 7.05. The standard InChI is InChI=1S/C14H20BN4O.K/c1-12(2)13(3,4)20-15(12)11-7-18-19(8-11)14(5-6-16)9-17-10-14;/h7-8H,5,9-10H2,1-4H3;/q-1;+1. The maximum atomic E-state index is 9.00. The molecule has 3 rings (SSSR count). The molecule has 0 radical (unpaired) electrons. The molecule has 2 aliphatic heterocycles. The minimum Gasteiger partial charge on any atom is -0.658 e. The summed E-state index contributed by atoms with van der Waals surface area (Å²) in [7, 11) is 0. The SMILES string of the molecule is CC1(C)OB(c2cnn(C3(CC#N)C[N-]C3)c2)C1(C)C.[K+]. The van der Waals surface area contributed by atoms with Crippen LogP contribution in [0.15, 0.2) is 12.4 Å². The first-order valence-electron chi connectivity index (χ1n) is 7.05. The summed E-state index contributed by atoms with van der Waals surface area (Å²) in [5, 5.41) is 17.8. The van der Waals surface area contributed by atoms with Gasteiger partial charge in [-0.3, -0.25) is 4.68 Å². The number of nitriles is 1. The van der Waals surface area contributed by atoms with E-state index in [1.165, 1.54) is 0 Å². The van der Waals surface area contributed by atoms with E-state index in [1.807, 2.05) is 17.1 Å². The molecule has 106 valence electrons. The average molecular weight is 310 g/mol. The van der Waals surface area contributed by atoms with Gasteiger partial charge in [0.1, 0.15) is 0 Å². The fraction of sp³-hybridized carbons (Fsp3) is 0.714. The molecule has 5 nitrogen and oxygen atoms in total. The van der Waals surface area contributed by atoms with Crippen molar-refractivity contribution in [1.82, 2.24) is 9.78 Å². The van der Waals surface area contributed by atoms with Gasteiger partial charge in [-0.05, 0) is 19.3 Å². The van der Waals surface area contributed by atoms with Crippen LogP contribution in [0, 0.1) is 11.3 Å². The van der Waals surface area contributed by atoms with Gasteiger partial charge >= 0.3 is 58.3 Å². The zero-order valence-electron chi connectivity index (χ0n) is 13.6. The molecule has 0 atom stereocenters. The molecule has 2 saturated heterocycles. The van der Waals surface area contributed by atoms with Crippen LogP contribution in [0.25, 0.3) is 5.32 Å². The van der Waals surface area contributed by atoms with Gasteiger partial charge in [-0.15, -0.1) is 13.1 Å². The van der Waals surface area contributed by atoms with Gasteiger partial charge in [-0.2, -0.15) is 10.4 Å². The first-order chi connectivity index (χ1) is 9.32.